The fourth-order valence-electron chi connectivity index (χ4n) is 5.51. The third-order valence-electron chi connectivity index (χ3n) is 8.10. The van der Waals surface area contributed by atoms with E-state index >= 15 is 0 Å². The first-order chi connectivity index (χ1) is 20.5. The lowest BCUT2D eigenvalue weighted by atomic mass is 9.76. The van der Waals surface area contributed by atoms with Crippen LogP contribution in [-0.2, 0) is 4.79 Å². The van der Waals surface area contributed by atoms with Crippen LogP contribution in [0.15, 0.2) is 36.9 Å². The van der Waals surface area contributed by atoms with Crippen LogP contribution in [0.5, 0.6) is 0 Å². The van der Waals surface area contributed by atoms with Gasteiger partial charge in [-0.25, -0.2) is 28.1 Å². The summed E-state index contributed by atoms with van der Waals surface area (Å²) in [6.07, 6.45) is 4.78. The SMILES string of the molecule is Cc1nc([C@H](C)n2cc(NC(=O)c3nc(-c4c(C(F)F)ccc(Cl)c4F)cnc3C)cn2)ncc1N1C[C@H]2CC[C@H]2C1=O. The molecule has 4 heterocycles. The summed E-state index contributed by atoms with van der Waals surface area (Å²) >= 11 is 5.84. The van der Waals surface area contributed by atoms with Gasteiger partial charge in [-0.2, -0.15) is 5.10 Å². The maximum Gasteiger partial charge on any atom is 0.276 e. The fraction of sp³-hybridized carbons (Fsp3) is 0.345. The van der Waals surface area contributed by atoms with Gasteiger partial charge in [0.2, 0.25) is 5.91 Å². The Morgan fingerprint density at radius 2 is 1.88 bits per heavy atom. The molecule has 3 atom stereocenters. The summed E-state index contributed by atoms with van der Waals surface area (Å²) < 4.78 is 43.6. The van der Waals surface area contributed by atoms with Gasteiger partial charge >= 0.3 is 0 Å². The lowest BCUT2D eigenvalue weighted by molar-refractivity contribution is -0.123. The summed E-state index contributed by atoms with van der Waals surface area (Å²) in [5.41, 5.74) is 0.341. The second kappa shape index (κ2) is 11.0. The van der Waals surface area contributed by atoms with Crippen LogP contribution in [-0.4, -0.2) is 48.1 Å². The molecular formula is C29H26ClF3N8O2. The van der Waals surface area contributed by atoms with Gasteiger partial charge in [0.15, 0.2) is 11.6 Å². The lowest BCUT2D eigenvalue weighted by Crippen LogP contribution is -2.29. The first kappa shape index (κ1) is 28.7. The van der Waals surface area contributed by atoms with E-state index in [9.17, 15) is 22.8 Å². The zero-order valence-corrected chi connectivity index (χ0v) is 24.1. The summed E-state index contributed by atoms with van der Waals surface area (Å²) in [4.78, 5) is 45.0. The van der Waals surface area contributed by atoms with Gasteiger partial charge in [-0.15, -0.1) is 0 Å². The van der Waals surface area contributed by atoms with E-state index < -0.39 is 35.3 Å². The van der Waals surface area contributed by atoms with Crippen LogP contribution in [0.4, 0.5) is 24.5 Å². The van der Waals surface area contributed by atoms with E-state index in [0.717, 1.165) is 31.2 Å². The summed E-state index contributed by atoms with van der Waals surface area (Å²) in [5.74, 6) is -0.641. The molecule has 0 unspecified atom stereocenters. The minimum Gasteiger partial charge on any atom is -0.318 e. The Kier molecular flexibility index (Phi) is 7.36. The predicted molar refractivity (Wildman–Crippen MR) is 151 cm³/mol. The van der Waals surface area contributed by atoms with Crippen molar-refractivity contribution in [1.82, 2.24) is 29.7 Å². The van der Waals surface area contributed by atoms with Crippen LogP contribution in [0, 0.1) is 31.5 Å². The predicted octanol–water partition coefficient (Wildman–Crippen LogP) is 5.71. The third-order valence-corrected chi connectivity index (χ3v) is 8.39. The number of aryl methyl sites for hydroxylation is 2. The average molecular weight is 611 g/mol. The van der Waals surface area contributed by atoms with E-state index in [1.54, 1.807) is 22.0 Å². The van der Waals surface area contributed by atoms with Gasteiger partial charge in [-0.05, 0) is 45.6 Å². The van der Waals surface area contributed by atoms with Crippen molar-refractivity contribution in [3.8, 4) is 11.3 Å². The minimum absolute atomic E-state index is 0.112. The highest BCUT2D eigenvalue weighted by Gasteiger charge is 2.47. The van der Waals surface area contributed by atoms with E-state index in [1.165, 1.54) is 13.1 Å². The zero-order chi connectivity index (χ0) is 30.6. The molecule has 2 amide bonds. The molecule has 2 aliphatic rings. The fourth-order valence-corrected chi connectivity index (χ4v) is 5.67. The molecule has 1 aliphatic heterocycles. The number of carbonyl (C=O) groups is 2. The van der Waals surface area contributed by atoms with Crippen molar-refractivity contribution >= 4 is 34.8 Å². The number of amides is 2. The van der Waals surface area contributed by atoms with Crippen molar-refractivity contribution in [2.75, 3.05) is 16.8 Å². The number of alkyl halides is 2. The number of nitrogens with zero attached hydrogens (tertiary/aromatic N) is 7. The van der Waals surface area contributed by atoms with E-state index in [1.807, 2.05) is 13.8 Å². The lowest BCUT2D eigenvalue weighted by Gasteiger charge is -2.25. The Bertz CT molecular complexity index is 1760. The van der Waals surface area contributed by atoms with Crippen LogP contribution < -0.4 is 10.2 Å². The number of hydrogen-bond donors (Lipinski definition) is 1. The molecule has 14 heteroatoms. The molecule has 0 spiro atoms. The van der Waals surface area contributed by atoms with E-state index in [0.29, 0.717) is 35.4 Å². The Morgan fingerprint density at radius 1 is 1.09 bits per heavy atom. The molecule has 0 radical (unpaired) electrons. The number of anilines is 2. The Morgan fingerprint density at radius 3 is 2.53 bits per heavy atom. The van der Waals surface area contributed by atoms with Gasteiger partial charge in [-0.3, -0.25) is 19.3 Å². The van der Waals surface area contributed by atoms with Crippen LogP contribution in [0.25, 0.3) is 11.3 Å². The number of carbonyl (C=O) groups excluding carboxylic acids is 2. The van der Waals surface area contributed by atoms with Crippen molar-refractivity contribution in [1.29, 1.82) is 0 Å². The van der Waals surface area contributed by atoms with E-state index in [-0.39, 0.29) is 33.9 Å². The highest BCUT2D eigenvalue weighted by molar-refractivity contribution is 6.31. The van der Waals surface area contributed by atoms with Gasteiger partial charge in [0.1, 0.15) is 11.7 Å². The van der Waals surface area contributed by atoms with Gasteiger partial charge in [0, 0.05) is 29.8 Å². The molecule has 2 fully saturated rings. The zero-order valence-electron chi connectivity index (χ0n) is 23.4. The Labute approximate surface area is 249 Å². The molecule has 1 aliphatic carbocycles. The summed E-state index contributed by atoms with van der Waals surface area (Å²) in [5, 5.41) is 6.63. The standard InChI is InChI=1S/C29H26ClF3N8O2/c1-13-22(40-11-16-4-5-18(16)29(40)43)10-35-27(37-13)15(3)41-12-17(8-36-41)38-28(42)25-14(2)34-9-21(39-25)23-19(26(32)33)6-7-20(30)24(23)31/h6-10,12,15-16,18,26H,4-5,11H2,1-3H3,(H,38,42)/t15-,16+,18+/m0/s1. The third kappa shape index (κ3) is 5.11. The summed E-state index contributed by atoms with van der Waals surface area (Å²) in [6.45, 7) is 5.89. The minimum atomic E-state index is -3.00. The van der Waals surface area contributed by atoms with Crippen molar-refractivity contribution in [2.45, 2.75) is 46.1 Å². The monoisotopic (exact) mass is 610 g/mol. The quantitative estimate of drug-likeness (QED) is 0.285. The molecule has 222 valence electrons. The molecule has 4 aromatic rings. The molecular weight excluding hydrogens is 585 g/mol. The average Bonchev–Trinajstić information content (AvgIpc) is 3.50. The topological polar surface area (TPSA) is 119 Å². The summed E-state index contributed by atoms with van der Waals surface area (Å²) in [7, 11) is 0. The molecule has 6 rings (SSSR count). The molecule has 0 bridgehead atoms. The molecule has 1 aromatic carbocycles. The number of hydrogen-bond acceptors (Lipinski definition) is 7. The smallest absolute Gasteiger partial charge is 0.276 e. The van der Waals surface area contributed by atoms with E-state index in [2.05, 4.69) is 30.4 Å². The van der Waals surface area contributed by atoms with E-state index in [4.69, 9.17) is 11.6 Å². The second-order valence-electron chi connectivity index (χ2n) is 10.7. The normalized spacial score (nSPS) is 18.5. The maximum absolute atomic E-state index is 14.8. The molecule has 10 nitrogen and oxygen atoms in total. The van der Waals surface area contributed by atoms with Crippen LogP contribution in [0.3, 0.4) is 0 Å². The molecule has 1 saturated heterocycles. The first-order valence-electron chi connectivity index (χ1n) is 13.6. The van der Waals surface area contributed by atoms with Gasteiger partial charge < -0.3 is 10.2 Å². The van der Waals surface area contributed by atoms with Crippen LogP contribution in [0.2, 0.25) is 5.02 Å². The van der Waals surface area contributed by atoms with Gasteiger partial charge in [-0.1, -0.05) is 17.7 Å². The Hall–Kier alpha value is -4.39. The van der Waals surface area contributed by atoms with Crippen LogP contribution in [0.1, 0.15) is 65.5 Å². The number of rotatable bonds is 7. The summed E-state index contributed by atoms with van der Waals surface area (Å²) in [6, 6.07) is 1.64. The number of halogens is 4. The molecule has 1 saturated carbocycles. The number of benzene rings is 1. The van der Waals surface area contributed by atoms with Gasteiger partial charge in [0.25, 0.3) is 12.3 Å². The highest BCUT2D eigenvalue weighted by Crippen LogP contribution is 2.43. The van der Waals surface area contributed by atoms with Crippen molar-refractivity contribution in [3.63, 3.8) is 0 Å². The Balaban J connectivity index is 1.20. The largest absolute Gasteiger partial charge is 0.318 e. The van der Waals surface area contributed by atoms with Crippen molar-refractivity contribution in [2.24, 2.45) is 11.8 Å². The highest BCUT2D eigenvalue weighted by atomic mass is 35.5. The first-order valence-corrected chi connectivity index (χ1v) is 14.0. The number of aromatic nitrogens is 6. The number of fused-ring (bicyclic) bond motifs is 1. The molecule has 3 aromatic heterocycles. The molecule has 43 heavy (non-hydrogen) atoms. The second-order valence-corrected chi connectivity index (χ2v) is 11.2. The van der Waals surface area contributed by atoms with Crippen LogP contribution >= 0.6 is 11.6 Å². The molecule has 1 N–H and O–H groups in total. The van der Waals surface area contributed by atoms with Crippen molar-refractivity contribution in [3.05, 3.63) is 76.2 Å². The maximum atomic E-state index is 14.8. The number of nitrogens with one attached hydrogen (secondary N) is 1. The van der Waals surface area contributed by atoms with Gasteiger partial charge in [0.05, 0.1) is 52.1 Å². The van der Waals surface area contributed by atoms with Crippen molar-refractivity contribution < 1.29 is 22.8 Å².